The number of piperidine rings is 1. The van der Waals surface area contributed by atoms with Gasteiger partial charge in [0.05, 0.1) is 5.92 Å². The molecular formula is C14H22N4O. The summed E-state index contributed by atoms with van der Waals surface area (Å²) in [5.41, 5.74) is 0.957. The molecule has 0 saturated carbocycles. The summed E-state index contributed by atoms with van der Waals surface area (Å²) in [6.07, 6.45) is 3.73. The zero-order chi connectivity index (χ0) is 13.8. The first kappa shape index (κ1) is 13.8. The molecule has 0 unspecified atom stereocenters. The molecule has 19 heavy (non-hydrogen) atoms. The van der Waals surface area contributed by atoms with Crippen LogP contribution in [0.2, 0.25) is 0 Å². The molecule has 1 aromatic rings. The van der Waals surface area contributed by atoms with Crippen molar-refractivity contribution in [2.45, 2.75) is 39.7 Å². The number of nitrogens with zero attached hydrogens (tertiary/aromatic N) is 3. The molecule has 1 N–H and O–H groups in total. The molecule has 1 atom stereocenters. The number of carbonyl (C=O) groups excluding carboxylic acids is 1. The van der Waals surface area contributed by atoms with Crippen LogP contribution in [-0.4, -0.2) is 35.0 Å². The Morgan fingerprint density at radius 3 is 3.00 bits per heavy atom. The van der Waals surface area contributed by atoms with Crippen LogP contribution in [0.5, 0.6) is 0 Å². The number of amides is 1. The number of anilines is 1. The molecule has 0 radical (unpaired) electrons. The predicted molar refractivity (Wildman–Crippen MR) is 75.0 cm³/mol. The number of hydrogen-bond donors (Lipinski definition) is 1. The second-order valence-electron chi connectivity index (χ2n) is 5.45. The van der Waals surface area contributed by atoms with E-state index in [0.29, 0.717) is 6.54 Å². The maximum Gasteiger partial charge on any atom is 0.225 e. The summed E-state index contributed by atoms with van der Waals surface area (Å²) in [6, 6.07) is 2.08. The molecule has 5 heteroatoms. The maximum atomic E-state index is 12.1. The molecule has 104 valence electrons. The summed E-state index contributed by atoms with van der Waals surface area (Å²) in [7, 11) is 0. The lowest BCUT2D eigenvalue weighted by atomic mass is 9.97. The van der Waals surface area contributed by atoms with Gasteiger partial charge in [0, 0.05) is 31.0 Å². The Morgan fingerprint density at radius 2 is 2.32 bits per heavy atom. The summed E-state index contributed by atoms with van der Waals surface area (Å²) < 4.78 is 0. The number of aryl methyl sites for hydroxylation is 1. The second-order valence-corrected chi connectivity index (χ2v) is 5.45. The minimum absolute atomic E-state index is 0.0419. The van der Waals surface area contributed by atoms with Crippen LogP contribution in [0, 0.1) is 12.8 Å². The predicted octanol–water partition coefficient (Wildman–Crippen LogP) is 1.53. The molecule has 1 amide bonds. The first-order valence-corrected chi connectivity index (χ1v) is 6.91. The van der Waals surface area contributed by atoms with Gasteiger partial charge in [-0.1, -0.05) is 0 Å². The van der Waals surface area contributed by atoms with E-state index >= 15 is 0 Å². The summed E-state index contributed by atoms with van der Waals surface area (Å²) in [5, 5.41) is 2.99. The van der Waals surface area contributed by atoms with Crippen LogP contribution in [0.15, 0.2) is 12.3 Å². The number of carbonyl (C=O) groups is 1. The summed E-state index contributed by atoms with van der Waals surface area (Å²) in [4.78, 5) is 22.9. The highest BCUT2D eigenvalue weighted by atomic mass is 16.2. The van der Waals surface area contributed by atoms with Crippen molar-refractivity contribution in [3.8, 4) is 0 Å². The van der Waals surface area contributed by atoms with Gasteiger partial charge >= 0.3 is 0 Å². The van der Waals surface area contributed by atoms with Crippen molar-refractivity contribution in [3.63, 3.8) is 0 Å². The van der Waals surface area contributed by atoms with Crippen molar-refractivity contribution in [3.05, 3.63) is 18.0 Å². The molecule has 2 heterocycles. The fourth-order valence-electron chi connectivity index (χ4n) is 2.36. The van der Waals surface area contributed by atoms with E-state index in [2.05, 4.69) is 20.2 Å². The van der Waals surface area contributed by atoms with E-state index in [1.165, 1.54) is 0 Å². The van der Waals surface area contributed by atoms with Crippen molar-refractivity contribution in [2.24, 2.45) is 5.92 Å². The number of rotatable bonds is 3. The smallest absolute Gasteiger partial charge is 0.225 e. The third-order valence-electron chi connectivity index (χ3n) is 3.29. The van der Waals surface area contributed by atoms with Gasteiger partial charge in [0.25, 0.3) is 0 Å². The van der Waals surface area contributed by atoms with Crippen LogP contribution in [0.3, 0.4) is 0 Å². The largest absolute Gasteiger partial charge is 0.354 e. The minimum Gasteiger partial charge on any atom is -0.354 e. The normalized spacial score (nSPS) is 19.6. The van der Waals surface area contributed by atoms with Gasteiger partial charge in [0.15, 0.2) is 0 Å². The van der Waals surface area contributed by atoms with Crippen molar-refractivity contribution in [1.29, 1.82) is 0 Å². The minimum atomic E-state index is 0.0419. The van der Waals surface area contributed by atoms with Crippen LogP contribution in [0.1, 0.15) is 32.4 Å². The Bertz CT molecular complexity index is 447. The van der Waals surface area contributed by atoms with Gasteiger partial charge in [-0.15, -0.1) is 0 Å². The number of hydrogen-bond acceptors (Lipinski definition) is 4. The Labute approximate surface area is 114 Å². The van der Waals surface area contributed by atoms with Crippen LogP contribution < -0.4 is 10.2 Å². The fraction of sp³-hybridized carbons (Fsp3) is 0.643. The van der Waals surface area contributed by atoms with Gasteiger partial charge in [-0.2, -0.15) is 0 Å². The number of nitrogens with one attached hydrogen (secondary N) is 1. The average molecular weight is 262 g/mol. The molecule has 2 rings (SSSR count). The molecule has 1 aromatic heterocycles. The van der Waals surface area contributed by atoms with Crippen LogP contribution >= 0.6 is 0 Å². The number of aromatic nitrogens is 2. The van der Waals surface area contributed by atoms with Gasteiger partial charge < -0.3 is 10.2 Å². The van der Waals surface area contributed by atoms with Crippen molar-refractivity contribution in [1.82, 2.24) is 15.3 Å². The van der Waals surface area contributed by atoms with E-state index in [-0.39, 0.29) is 17.9 Å². The lowest BCUT2D eigenvalue weighted by molar-refractivity contribution is -0.125. The van der Waals surface area contributed by atoms with Crippen LogP contribution in [0.25, 0.3) is 0 Å². The molecular weight excluding hydrogens is 240 g/mol. The third-order valence-corrected chi connectivity index (χ3v) is 3.29. The topological polar surface area (TPSA) is 58.1 Å². The first-order chi connectivity index (χ1) is 9.06. The third kappa shape index (κ3) is 3.66. The van der Waals surface area contributed by atoms with Gasteiger partial charge in [-0.05, 0) is 39.7 Å². The molecule has 0 aliphatic carbocycles. The summed E-state index contributed by atoms with van der Waals surface area (Å²) in [5.74, 6) is 0.926. The molecule has 1 saturated heterocycles. The fourth-order valence-corrected chi connectivity index (χ4v) is 2.36. The zero-order valence-electron chi connectivity index (χ0n) is 11.9. The van der Waals surface area contributed by atoms with Crippen LogP contribution in [-0.2, 0) is 4.79 Å². The lowest BCUT2D eigenvalue weighted by Gasteiger charge is -2.32. The average Bonchev–Trinajstić information content (AvgIpc) is 2.38. The van der Waals surface area contributed by atoms with Gasteiger partial charge in [-0.3, -0.25) is 4.79 Å². The van der Waals surface area contributed by atoms with Gasteiger partial charge in [0.2, 0.25) is 11.9 Å². The SMILES string of the molecule is Cc1ccnc(N2CCC[C@@H](C(=O)NC(C)C)C2)n1. The zero-order valence-corrected chi connectivity index (χ0v) is 11.9. The molecule has 1 aliphatic rings. The quantitative estimate of drug-likeness (QED) is 0.897. The highest BCUT2D eigenvalue weighted by Gasteiger charge is 2.27. The van der Waals surface area contributed by atoms with Gasteiger partial charge in [0.1, 0.15) is 0 Å². The van der Waals surface area contributed by atoms with E-state index in [4.69, 9.17) is 0 Å². The highest BCUT2D eigenvalue weighted by molar-refractivity contribution is 5.79. The molecule has 0 spiro atoms. The Balaban J connectivity index is 2.03. The van der Waals surface area contributed by atoms with Gasteiger partial charge in [-0.25, -0.2) is 9.97 Å². The Morgan fingerprint density at radius 1 is 1.53 bits per heavy atom. The first-order valence-electron chi connectivity index (χ1n) is 6.91. The summed E-state index contributed by atoms with van der Waals surface area (Å²) >= 11 is 0. The Hall–Kier alpha value is -1.65. The van der Waals surface area contributed by atoms with E-state index < -0.39 is 0 Å². The van der Waals surface area contributed by atoms with E-state index in [9.17, 15) is 4.79 Å². The molecule has 1 fully saturated rings. The molecule has 1 aliphatic heterocycles. The van der Waals surface area contributed by atoms with E-state index in [1.54, 1.807) is 6.20 Å². The standard InChI is InChI=1S/C14H22N4O/c1-10(2)16-13(19)12-5-4-8-18(9-12)14-15-7-6-11(3)17-14/h6-7,10,12H,4-5,8-9H2,1-3H3,(H,16,19)/t12-/m1/s1. The maximum absolute atomic E-state index is 12.1. The molecule has 0 bridgehead atoms. The van der Waals surface area contributed by atoms with Crippen molar-refractivity contribution >= 4 is 11.9 Å². The van der Waals surface area contributed by atoms with Crippen molar-refractivity contribution in [2.75, 3.05) is 18.0 Å². The monoisotopic (exact) mass is 262 g/mol. The highest BCUT2D eigenvalue weighted by Crippen LogP contribution is 2.20. The molecule has 0 aromatic carbocycles. The Kier molecular flexibility index (Phi) is 4.35. The van der Waals surface area contributed by atoms with Crippen LogP contribution in [0.4, 0.5) is 5.95 Å². The van der Waals surface area contributed by atoms with E-state index in [1.807, 2.05) is 26.8 Å². The van der Waals surface area contributed by atoms with E-state index in [0.717, 1.165) is 31.0 Å². The van der Waals surface area contributed by atoms with Crippen molar-refractivity contribution < 1.29 is 4.79 Å². The molecule has 5 nitrogen and oxygen atoms in total. The lowest BCUT2D eigenvalue weighted by Crippen LogP contribution is -2.45. The second kappa shape index (κ2) is 5.99. The summed E-state index contributed by atoms with van der Waals surface area (Å²) in [6.45, 7) is 7.57.